The van der Waals surface area contributed by atoms with Gasteiger partial charge in [0.15, 0.2) is 0 Å². The number of halogens is 1. The highest BCUT2D eigenvalue weighted by atomic mass is 35.5. The molecule has 0 saturated carbocycles. The summed E-state index contributed by atoms with van der Waals surface area (Å²) in [6, 6.07) is 16.8. The molecule has 0 saturated heterocycles. The highest BCUT2D eigenvalue weighted by molar-refractivity contribution is 7.98. The maximum Gasteiger partial charge on any atom is 0.270 e. The molecule has 0 aliphatic heterocycles. The first-order chi connectivity index (χ1) is 11.6. The monoisotopic (exact) mass is 358 g/mol. The maximum absolute atomic E-state index is 12.4. The summed E-state index contributed by atoms with van der Waals surface area (Å²) in [5.74, 6) is 1.12. The second-order valence-electron chi connectivity index (χ2n) is 5.09. The van der Waals surface area contributed by atoms with Gasteiger partial charge in [0.1, 0.15) is 5.82 Å². The molecule has 2 aromatic carbocycles. The molecule has 0 bridgehead atoms. The molecule has 3 rings (SSSR count). The zero-order valence-corrected chi connectivity index (χ0v) is 14.5. The van der Waals surface area contributed by atoms with Crippen molar-refractivity contribution in [2.45, 2.75) is 17.8 Å². The van der Waals surface area contributed by atoms with Crippen molar-refractivity contribution in [1.29, 1.82) is 0 Å². The van der Waals surface area contributed by atoms with Crippen molar-refractivity contribution < 1.29 is 4.79 Å². The van der Waals surface area contributed by atoms with Gasteiger partial charge in [0.05, 0.1) is 0 Å². The van der Waals surface area contributed by atoms with Crippen LogP contribution >= 0.6 is 23.4 Å². The second-order valence-corrected chi connectivity index (χ2v) is 6.47. The van der Waals surface area contributed by atoms with Crippen molar-refractivity contribution in [2.24, 2.45) is 0 Å². The number of carbonyl (C=O) groups is 1. The van der Waals surface area contributed by atoms with E-state index >= 15 is 0 Å². The quantitative estimate of drug-likeness (QED) is 0.702. The van der Waals surface area contributed by atoms with Crippen LogP contribution in [0.15, 0.2) is 59.8 Å². The van der Waals surface area contributed by atoms with Crippen LogP contribution < -0.4 is 5.43 Å². The zero-order chi connectivity index (χ0) is 16.9. The number of aryl methyl sites for hydroxylation is 1. The largest absolute Gasteiger partial charge is 0.270 e. The van der Waals surface area contributed by atoms with Gasteiger partial charge in [-0.05, 0) is 36.8 Å². The predicted octanol–water partition coefficient (Wildman–Crippen LogP) is 3.92. The Labute approximate surface area is 149 Å². The third-order valence-electron chi connectivity index (χ3n) is 3.33. The van der Waals surface area contributed by atoms with Gasteiger partial charge < -0.3 is 0 Å². The van der Waals surface area contributed by atoms with Crippen molar-refractivity contribution in [1.82, 2.24) is 14.9 Å². The van der Waals surface area contributed by atoms with Crippen LogP contribution in [0.5, 0.6) is 0 Å². The van der Waals surface area contributed by atoms with Gasteiger partial charge in [-0.2, -0.15) is 0 Å². The number of thioether (sulfide) groups is 1. The molecular weight excluding hydrogens is 344 g/mol. The van der Waals surface area contributed by atoms with Crippen LogP contribution in [-0.2, 0) is 5.75 Å². The molecule has 24 heavy (non-hydrogen) atoms. The fourth-order valence-electron chi connectivity index (χ4n) is 2.05. The van der Waals surface area contributed by atoms with E-state index in [0.29, 0.717) is 21.6 Å². The van der Waals surface area contributed by atoms with Gasteiger partial charge in [0.25, 0.3) is 5.91 Å². The Morgan fingerprint density at radius 1 is 1.12 bits per heavy atom. The molecular formula is C17H15ClN4OS. The number of rotatable bonds is 5. The third kappa shape index (κ3) is 3.96. The summed E-state index contributed by atoms with van der Waals surface area (Å²) in [6.45, 7) is 1.79. The van der Waals surface area contributed by atoms with Crippen LogP contribution in [0.25, 0.3) is 0 Å². The number of amides is 1. The van der Waals surface area contributed by atoms with E-state index in [1.165, 1.54) is 17.3 Å². The lowest BCUT2D eigenvalue weighted by Gasteiger charge is -2.10. The van der Waals surface area contributed by atoms with Crippen LogP contribution in [0.4, 0.5) is 0 Å². The van der Waals surface area contributed by atoms with Gasteiger partial charge in [-0.3, -0.25) is 10.2 Å². The van der Waals surface area contributed by atoms with E-state index in [0.717, 1.165) is 5.75 Å². The SMILES string of the molecule is Cc1nnc(SCc2ccccc2)n1NC(=O)c1ccc(Cl)cc1. The number of hydrogen-bond donors (Lipinski definition) is 1. The topological polar surface area (TPSA) is 59.8 Å². The standard InChI is InChI=1S/C17H15ClN4OS/c1-12-19-20-17(24-11-13-5-3-2-4-6-13)22(12)21-16(23)14-7-9-15(18)10-8-14/h2-10H,11H2,1H3,(H,21,23). The molecule has 1 aromatic heterocycles. The number of carbonyl (C=O) groups excluding carboxylic acids is 1. The van der Waals surface area contributed by atoms with Crippen LogP contribution in [-0.4, -0.2) is 20.8 Å². The summed E-state index contributed by atoms with van der Waals surface area (Å²) in [4.78, 5) is 12.4. The molecule has 1 amide bonds. The van der Waals surface area contributed by atoms with E-state index in [1.807, 2.05) is 30.3 Å². The Morgan fingerprint density at radius 2 is 1.83 bits per heavy atom. The Kier molecular flexibility index (Phi) is 5.17. The minimum Gasteiger partial charge on any atom is -0.267 e. The Hall–Kier alpha value is -2.31. The molecule has 122 valence electrons. The number of nitrogens with zero attached hydrogens (tertiary/aromatic N) is 3. The Bertz CT molecular complexity index is 834. The fraction of sp³-hybridized carbons (Fsp3) is 0.118. The average Bonchev–Trinajstić information content (AvgIpc) is 2.94. The summed E-state index contributed by atoms with van der Waals surface area (Å²) in [5, 5.41) is 9.40. The van der Waals surface area contributed by atoms with E-state index in [9.17, 15) is 4.79 Å². The molecule has 1 N–H and O–H groups in total. The van der Waals surface area contributed by atoms with Gasteiger partial charge >= 0.3 is 0 Å². The summed E-state index contributed by atoms with van der Waals surface area (Å²) in [6.07, 6.45) is 0. The van der Waals surface area contributed by atoms with Gasteiger partial charge in [-0.15, -0.1) is 10.2 Å². The normalized spacial score (nSPS) is 10.6. The summed E-state index contributed by atoms with van der Waals surface area (Å²) >= 11 is 7.36. The van der Waals surface area contributed by atoms with Crippen LogP contribution in [0, 0.1) is 6.92 Å². The van der Waals surface area contributed by atoms with Gasteiger partial charge in [0, 0.05) is 16.3 Å². The Morgan fingerprint density at radius 3 is 2.54 bits per heavy atom. The minimum absolute atomic E-state index is 0.240. The highest BCUT2D eigenvalue weighted by Gasteiger charge is 2.13. The molecule has 1 heterocycles. The summed E-state index contributed by atoms with van der Waals surface area (Å²) in [5.41, 5.74) is 4.52. The van der Waals surface area contributed by atoms with Crippen molar-refractivity contribution in [3.05, 3.63) is 76.6 Å². The van der Waals surface area contributed by atoms with Crippen LogP contribution in [0.3, 0.4) is 0 Å². The molecule has 0 spiro atoms. The van der Waals surface area contributed by atoms with Gasteiger partial charge in [-0.1, -0.05) is 53.7 Å². The molecule has 0 radical (unpaired) electrons. The molecule has 0 unspecified atom stereocenters. The van der Waals surface area contributed by atoms with Crippen LogP contribution in [0.2, 0.25) is 5.02 Å². The van der Waals surface area contributed by atoms with Gasteiger partial charge in [-0.25, -0.2) is 4.68 Å². The zero-order valence-electron chi connectivity index (χ0n) is 12.9. The molecule has 7 heteroatoms. The smallest absolute Gasteiger partial charge is 0.267 e. The van der Waals surface area contributed by atoms with Crippen molar-refractivity contribution in [3.8, 4) is 0 Å². The summed E-state index contributed by atoms with van der Waals surface area (Å²) < 4.78 is 1.60. The van der Waals surface area contributed by atoms with E-state index in [1.54, 1.807) is 35.9 Å². The van der Waals surface area contributed by atoms with Crippen LogP contribution in [0.1, 0.15) is 21.7 Å². The van der Waals surface area contributed by atoms with Crippen molar-refractivity contribution in [3.63, 3.8) is 0 Å². The lowest BCUT2D eigenvalue weighted by molar-refractivity contribution is 0.101. The van der Waals surface area contributed by atoms with Crippen molar-refractivity contribution >= 4 is 29.3 Å². The number of hydrogen-bond acceptors (Lipinski definition) is 4. The second kappa shape index (κ2) is 7.51. The Balaban J connectivity index is 1.72. The number of benzene rings is 2. The first-order valence-corrected chi connectivity index (χ1v) is 8.65. The molecule has 3 aromatic rings. The molecule has 0 atom stereocenters. The third-order valence-corrected chi connectivity index (χ3v) is 4.58. The molecule has 0 fully saturated rings. The fourth-order valence-corrected chi connectivity index (χ4v) is 3.07. The number of aromatic nitrogens is 3. The van der Waals surface area contributed by atoms with E-state index < -0.39 is 0 Å². The van der Waals surface area contributed by atoms with E-state index in [4.69, 9.17) is 11.6 Å². The summed E-state index contributed by atoms with van der Waals surface area (Å²) in [7, 11) is 0. The maximum atomic E-state index is 12.4. The highest BCUT2D eigenvalue weighted by Crippen LogP contribution is 2.21. The average molecular weight is 359 g/mol. The van der Waals surface area contributed by atoms with E-state index in [2.05, 4.69) is 15.6 Å². The van der Waals surface area contributed by atoms with E-state index in [-0.39, 0.29) is 5.91 Å². The first-order valence-electron chi connectivity index (χ1n) is 7.29. The lowest BCUT2D eigenvalue weighted by Crippen LogP contribution is -2.24. The number of nitrogens with one attached hydrogen (secondary N) is 1. The minimum atomic E-state index is -0.240. The molecule has 0 aliphatic rings. The molecule has 0 aliphatic carbocycles. The van der Waals surface area contributed by atoms with Gasteiger partial charge in [0.2, 0.25) is 5.16 Å². The predicted molar refractivity (Wildman–Crippen MR) is 95.9 cm³/mol. The first kappa shape index (κ1) is 16.5. The van der Waals surface area contributed by atoms with Crippen molar-refractivity contribution in [2.75, 3.05) is 5.43 Å². The lowest BCUT2D eigenvalue weighted by atomic mass is 10.2. The molecule has 5 nitrogen and oxygen atoms in total.